The Morgan fingerprint density at radius 1 is 0.333 bits per heavy atom. The van der Waals surface area contributed by atoms with Gasteiger partial charge in [0.15, 0.2) is 0 Å². The van der Waals surface area contributed by atoms with Crippen molar-refractivity contribution in [3.05, 3.63) is 242 Å². The molecule has 0 spiro atoms. The lowest BCUT2D eigenvalue weighted by molar-refractivity contribution is 1.18. The molecular weight excluding hydrogens is 725 g/mol. The topological polar surface area (TPSA) is 8.17 Å². The molecule has 2 heteroatoms. The third-order valence-corrected chi connectivity index (χ3v) is 11.2. The molecule has 0 aliphatic heterocycles. The van der Waals surface area contributed by atoms with Gasteiger partial charge in [0.25, 0.3) is 0 Å². The fourth-order valence-electron chi connectivity index (χ4n) is 8.35. The van der Waals surface area contributed by atoms with Crippen LogP contribution >= 0.6 is 0 Å². The van der Waals surface area contributed by atoms with Crippen molar-refractivity contribution in [3.63, 3.8) is 0 Å². The number of hydrogen-bond donors (Lipinski definition) is 0. The molecule has 0 fully saturated rings. The maximum Gasteiger partial charge on any atom is 0.0629 e. The highest BCUT2D eigenvalue weighted by atomic mass is 15.1. The van der Waals surface area contributed by atoms with Crippen LogP contribution in [0.25, 0.3) is 82.8 Å². The second-order valence-electron chi connectivity index (χ2n) is 14.6. The van der Waals surface area contributed by atoms with Crippen LogP contribution < -0.4 is 4.90 Å². The van der Waals surface area contributed by atoms with Crippen LogP contribution in [0.2, 0.25) is 0 Å². The quantitative estimate of drug-likeness (QED) is 0.149. The van der Waals surface area contributed by atoms with Gasteiger partial charge in [-0.05, 0) is 111 Å². The Morgan fingerprint density at radius 2 is 0.817 bits per heavy atom. The predicted octanol–water partition coefficient (Wildman–Crippen LogP) is 16.1. The normalized spacial score (nSPS) is 13.7. The van der Waals surface area contributed by atoms with Crippen LogP contribution in [-0.4, -0.2) is 4.57 Å². The van der Waals surface area contributed by atoms with Crippen LogP contribution in [-0.2, 0) is 0 Å². The first-order valence-electron chi connectivity index (χ1n) is 24.8. The van der Waals surface area contributed by atoms with E-state index in [1.54, 1.807) is 24.3 Å². The summed E-state index contributed by atoms with van der Waals surface area (Å²) in [4.78, 5) is 2.06. The Morgan fingerprint density at radius 3 is 1.45 bits per heavy atom. The molecule has 60 heavy (non-hydrogen) atoms. The minimum atomic E-state index is -0.458. The van der Waals surface area contributed by atoms with Crippen molar-refractivity contribution in [2.24, 2.45) is 0 Å². The number of nitrogens with zero attached hydrogens (tertiary/aromatic N) is 2. The van der Waals surface area contributed by atoms with Crippen LogP contribution in [0.1, 0.15) is 13.7 Å². The third kappa shape index (κ3) is 6.32. The number of aromatic nitrogens is 1. The molecule has 0 aliphatic carbocycles. The van der Waals surface area contributed by atoms with Gasteiger partial charge in [0.2, 0.25) is 0 Å². The summed E-state index contributed by atoms with van der Waals surface area (Å²) < 4.78 is 86.2. The zero-order valence-corrected chi connectivity index (χ0v) is 32.2. The van der Waals surface area contributed by atoms with Gasteiger partial charge >= 0.3 is 0 Å². The molecular formula is C58H40N2. The second kappa shape index (κ2) is 15.1. The first kappa shape index (κ1) is 26.1. The third-order valence-electron chi connectivity index (χ3n) is 11.2. The molecule has 0 bridgehead atoms. The second-order valence-corrected chi connectivity index (χ2v) is 14.6. The minimum Gasteiger partial charge on any atom is -0.310 e. The summed E-state index contributed by atoms with van der Waals surface area (Å²) in [7, 11) is 0. The number of rotatable bonds is 8. The summed E-state index contributed by atoms with van der Waals surface area (Å²) in [6.45, 7) is 0. The summed E-state index contributed by atoms with van der Waals surface area (Å²) in [6.07, 6.45) is 0. The van der Waals surface area contributed by atoms with Crippen LogP contribution in [0, 0.1) is 0 Å². The number of hydrogen-bond acceptors (Lipinski definition) is 1. The highest BCUT2D eigenvalue weighted by Crippen LogP contribution is 2.44. The Hall–Kier alpha value is -7.94. The smallest absolute Gasteiger partial charge is 0.0629 e. The van der Waals surface area contributed by atoms with Crippen molar-refractivity contribution >= 4 is 49.6 Å². The molecule has 282 valence electrons. The summed E-state index contributed by atoms with van der Waals surface area (Å²) in [5.74, 6) is 0. The molecule has 11 aromatic rings. The molecule has 0 radical (unpaired) electrons. The molecule has 0 atom stereocenters. The Labute approximate surface area is 364 Å². The number of anilines is 3. The highest BCUT2D eigenvalue weighted by molar-refractivity contribution is 6.12. The average Bonchev–Trinajstić information content (AvgIpc) is 3.73. The molecule has 0 amide bonds. The minimum absolute atomic E-state index is 0.0999. The monoisotopic (exact) mass is 774 g/mol. The SMILES string of the molecule is [2H]c1c([2H])c([2H])c(-c2ccc(N(c3ccc(-c4c([2H])c([2H])c([2H])c([2H])c4[2H])cc3)c3ccc(-c4ccc5c(c4)c4ccccc4n5-c4ccc(-c5ccccc5)cc4)c4ccccc34)cc2)c([2H])c1[2H]. The maximum absolute atomic E-state index is 8.64. The van der Waals surface area contributed by atoms with Crippen molar-refractivity contribution < 1.29 is 13.7 Å². The van der Waals surface area contributed by atoms with Crippen molar-refractivity contribution in [1.29, 1.82) is 0 Å². The van der Waals surface area contributed by atoms with E-state index in [4.69, 9.17) is 13.7 Å². The zero-order valence-electron chi connectivity index (χ0n) is 42.2. The van der Waals surface area contributed by atoms with Crippen LogP contribution in [0.4, 0.5) is 17.1 Å². The lowest BCUT2D eigenvalue weighted by Gasteiger charge is -2.28. The highest BCUT2D eigenvalue weighted by Gasteiger charge is 2.19. The lowest BCUT2D eigenvalue weighted by Crippen LogP contribution is -2.10. The largest absolute Gasteiger partial charge is 0.310 e. The molecule has 0 saturated carbocycles. The van der Waals surface area contributed by atoms with E-state index in [2.05, 4.69) is 125 Å². The van der Waals surface area contributed by atoms with Crippen molar-refractivity contribution in [1.82, 2.24) is 4.57 Å². The molecule has 0 N–H and O–H groups in total. The lowest BCUT2D eigenvalue weighted by atomic mass is 9.95. The van der Waals surface area contributed by atoms with Gasteiger partial charge < -0.3 is 9.47 Å². The van der Waals surface area contributed by atoms with E-state index in [9.17, 15) is 0 Å². The van der Waals surface area contributed by atoms with E-state index in [0.29, 0.717) is 22.5 Å². The molecule has 0 aliphatic rings. The van der Waals surface area contributed by atoms with E-state index >= 15 is 0 Å². The predicted molar refractivity (Wildman–Crippen MR) is 255 cm³/mol. The van der Waals surface area contributed by atoms with Gasteiger partial charge in [-0.2, -0.15) is 0 Å². The van der Waals surface area contributed by atoms with Gasteiger partial charge in [-0.1, -0.05) is 182 Å². The molecule has 1 heterocycles. The first-order valence-corrected chi connectivity index (χ1v) is 19.8. The fourth-order valence-corrected chi connectivity index (χ4v) is 8.35. The number of para-hydroxylation sites is 1. The Kier molecular flexibility index (Phi) is 6.58. The van der Waals surface area contributed by atoms with Gasteiger partial charge in [-0.25, -0.2) is 0 Å². The Bertz CT molecular complexity index is 3700. The van der Waals surface area contributed by atoms with Gasteiger partial charge in [0.05, 0.1) is 30.4 Å². The fraction of sp³-hybridized carbons (Fsp3) is 0. The molecule has 11 rings (SSSR count). The Balaban J connectivity index is 1.05. The van der Waals surface area contributed by atoms with Crippen molar-refractivity contribution in [2.45, 2.75) is 0 Å². The van der Waals surface area contributed by atoms with E-state index in [1.165, 1.54) is 0 Å². The van der Waals surface area contributed by atoms with Crippen LogP contribution in [0.3, 0.4) is 0 Å². The van der Waals surface area contributed by atoms with Gasteiger partial charge in [0.1, 0.15) is 0 Å². The summed E-state index contributed by atoms with van der Waals surface area (Å²) >= 11 is 0. The standard InChI is InChI=1S/C58H40N2/c1-4-14-41(15-5-1)44-24-31-48(32-25-44)59(49-33-26-45(27-34-49)42-16-6-2-7-17-42)57-39-37-51(52-20-10-11-21-53(52)57)47-30-38-58-55(40-47)54-22-12-13-23-56(54)60(58)50-35-28-46(29-36-50)43-18-8-3-9-19-43/h1-40H/i1D,2D,4D,5D,6D,7D,14D,15D,16D,17D. The van der Waals surface area contributed by atoms with E-state index in [1.807, 2.05) is 42.5 Å². The maximum atomic E-state index is 8.64. The van der Waals surface area contributed by atoms with Gasteiger partial charge in [-0.3, -0.25) is 0 Å². The average molecular weight is 775 g/mol. The van der Waals surface area contributed by atoms with Gasteiger partial charge in [0, 0.05) is 33.2 Å². The number of fused-ring (bicyclic) bond motifs is 4. The van der Waals surface area contributed by atoms with Crippen molar-refractivity contribution in [2.75, 3.05) is 4.90 Å². The number of benzene rings is 10. The molecule has 2 nitrogen and oxygen atoms in total. The molecule has 0 unspecified atom stereocenters. The molecule has 1 aromatic heterocycles. The zero-order chi connectivity index (χ0) is 48.5. The first-order chi connectivity index (χ1) is 33.9. The van der Waals surface area contributed by atoms with Crippen LogP contribution in [0.5, 0.6) is 0 Å². The van der Waals surface area contributed by atoms with Crippen LogP contribution in [0.15, 0.2) is 242 Å². The molecule has 10 aromatic carbocycles. The van der Waals surface area contributed by atoms with Gasteiger partial charge in [-0.15, -0.1) is 0 Å². The summed E-state index contributed by atoms with van der Waals surface area (Å²) in [6, 6.07) is 57.2. The van der Waals surface area contributed by atoms with E-state index < -0.39 is 36.3 Å². The molecule has 0 saturated heterocycles. The summed E-state index contributed by atoms with van der Waals surface area (Å²) in [5, 5.41) is 4.19. The summed E-state index contributed by atoms with van der Waals surface area (Å²) in [5.41, 5.74) is 11.0. The van der Waals surface area contributed by atoms with E-state index in [-0.39, 0.29) is 35.3 Å². The van der Waals surface area contributed by atoms with Crippen molar-refractivity contribution in [3.8, 4) is 50.2 Å². The van der Waals surface area contributed by atoms with E-state index in [0.717, 1.165) is 66.2 Å².